The SMILES string of the molecule is CCC(C)COc1cc2c(cc1OCC(C)CC)C1(c3cc(OCC(C)CC)c(OCC(C)CC)cc3-2)c2cc(Br)ccc2-c2ccc(Br)c(C)c21. The smallest absolute Gasteiger partial charge is 0.161 e. The number of hydrogen-bond acceptors (Lipinski definition) is 4. The Morgan fingerprint density at radius 3 is 1.31 bits per heavy atom. The van der Waals surface area contributed by atoms with Gasteiger partial charge in [0.25, 0.3) is 0 Å². The van der Waals surface area contributed by atoms with Crippen LogP contribution in [0.5, 0.6) is 23.0 Å². The fourth-order valence-electron chi connectivity index (χ4n) is 7.33. The largest absolute Gasteiger partial charge is 0.489 e. The van der Waals surface area contributed by atoms with Gasteiger partial charge in [-0.05, 0) is 123 Å². The molecular formula is C46H56Br2O4. The van der Waals surface area contributed by atoms with E-state index in [4.69, 9.17) is 18.9 Å². The Labute approximate surface area is 329 Å². The van der Waals surface area contributed by atoms with Crippen molar-refractivity contribution in [2.75, 3.05) is 26.4 Å². The molecule has 0 N–H and O–H groups in total. The summed E-state index contributed by atoms with van der Waals surface area (Å²) in [5.41, 5.74) is 10.3. The van der Waals surface area contributed by atoms with E-state index in [-0.39, 0.29) is 0 Å². The third-order valence-corrected chi connectivity index (χ3v) is 12.9. The highest BCUT2D eigenvalue weighted by molar-refractivity contribution is 9.10. The number of rotatable bonds is 16. The van der Waals surface area contributed by atoms with E-state index in [0.29, 0.717) is 50.1 Å². The molecule has 0 radical (unpaired) electrons. The predicted octanol–water partition coefficient (Wildman–Crippen LogP) is 13.6. The summed E-state index contributed by atoms with van der Waals surface area (Å²) in [6.45, 7) is 22.6. The van der Waals surface area contributed by atoms with Gasteiger partial charge in [-0.15, -0.1) is 0 Å². The standard InChI is InChI=1S/C46H56Br2O4/c1-10-27(5)23-49-41-19-35-36-20-42(50-24-28(6)11-2)44(52-26-30(8)13-4)22-39(36)46(38(35)21-43(41)51-25-29(7)12-3)37-18-32(47)14-15-33(37)34-16-17-40(48)31(9)45(34)46/h14-22,27-30H,10-13,23-26H2,1-9H3. The molecule has 2 aliphatic rings. The lowest BCUT2D eigenvalue weighted by Crippen LogP contribution is -2.27. The summed E-state index contributed by atoms with van der Waals surface area (Å²) in [5.74, 6) is 4.87. The molecule has 0 aliphatic heterocycles. The summed E-state index contributed by atoms with van der Waals surface area (Å²) in [6.07, 6.45) is 4.19. The Balaban J connectivity index is 1.70. The van der Waals surface area contributed by atoms with Crippen molar-refractivity contribution in [3.8, 4) is 45.3 Å². The fraction of sp³-hybridized carbons (Fsp3) is 0.478. The Morgan fingerprint density at radius 1 is 0.500 bits per heavy atom. The van der Waals surface area contributed by atoms with Gasteiger partial charge in [0.2, 0.25) is 0 Å². The number of hydrogen-bond donors (Lipinski definition) is 0. The molecule has 4 aromatic rings. The van der Waals surface area contributed by atoms with Crippen LogP contribution in [0.2, 0.25) is 0 Å². The zero-order valence-corrected chi connectivity index (χ0v) is 35.7. The van der Waals surface area contributed by atoms with Gasteiger partial charge in [0.15, 0.2) is 23.0 Å². The molecule has 4 nitrogen and oxygen atoms in total. The lowest BCUT2D eigenvalue weighted by Gasteiger charge is -2.33. The van der Waals surface area contributed by atoms with Crippen LogP contribution in [-0.2, 0) is 5.41 Å². The molecule has 0 heterocycles. The van der Waals surface area contributed by atoms with Crippen molar-refractivity contribution < 1.29 is 18.9 Å². The molecule has 0 saturated carbocycles. The summed E-state index contributed by atoms with van der Waals surface area (Å²) in [6, 6.07) is 20.3. The van der Waals surface area contributed by atoms with Gasteiger partial charge in [0.1, 0.15) is 0 Å². The molecule has 2 aliphatic carbocycles. The van der Waals surface area contributed by atoms with Crippen LogP contribution in [0.3, 0.4) is 0 Å². The minimum atomic E-state index is -0.625. The lowest BCUT2D eigenvalue weighted by molar-refractivity contribution is 0.217. The maximum absolute atomic E-state index is 6.75. The van der Waals surface area contributed by atoms with Crippen LogP contribution >= 0.6 is 31.9 Å². The highest BCUT2D eigenvalue weighted by Crippen LogP contribution is 2.66. The van der Waals surface area contributed by atoms with Crippen molar-refractivity contribution in [2.24, 2.45) is 23.7 Å². The Hall–Kier alpha value is -2.96. The van der Waals surface area contributed by atoms with Gasteiger partial charge in [0.05, 0.1) is 31.8 Å². The first-order chi connectivity index (χ1) is 25.0. The third kappa shape index (κ3) is 7.04. The first-order valence-corrected chi connectivity index (χ1v) is 21.0. The van der Waals surface area contributed by atoms with Gasteiger partial charge in [-0.1, -0.05) is 125 Å². The third-order valence-electron chi connectivity index (χ3n) is 11.6. The lowest BCUT2D eigenvalue weighted by atomic mass is 9.69. The maximum atomic E-state index is 6.75. The zero-order chi connectivity index (χ0) is 37.3. The molecule has 0 amide bonds. The number of fused-ring (bicyclic) bond motifs is 10. The van der Waals surface area contributed by atoms with Crippen LogP contribution in [0.25, 0.3) is 22.3 Å². The molecule has 278 valence electrons. The van der Waals surface area contributed by atoms with E-state index in [2.05, 4.69) is 149 Å². The normalized spacial score (nSPS) is 17.5. The van der Waals surface area contributed by atoms with Gasteiger partial charge < -0.3 is 18.9 Å². The van der Waals surface area contributed by atoms with Crippen molar-refractivity contribution >= 4 is 31.9 Å². The minimum Gasteiger partial charge on any atom is -0.489 e. The fourth-order valence-corrected chi connectivity index (χ4v) is 8.02. The van der Waals surface area contributed by atoms with Gasteiger partial charge in [-0.2, -0.15) is 0 Å². The van der Waals surface area contributed by atoms with Gasteiger partial charge in [-0.25, -0.2) is 0 Å². The number of halogens is 2. The van der Waals surface area contributed by atoms with Crippen LogP contribution in [0.15, 0.2) is 63.5 Å². The second-order valence-corrected chi connectivity index (χ2v) is 17.3. The molecule has 6 rings (SSSR count). The first kappa shape index (κ1) is 38.8. The first-order valence-electron chi connectivity index (χ1n) is 19.5. The van der Waals surface area contributed by atoms with E-state index in [0.717, 1.165) is 68.8 Å². The summed E-state index contributed by atoms with van der Waals surface area (Å²) in [4.78, 5) is 0. The van der Waals surface area contributed by atoms with E-state index < -0.39 is 5.41 Å². The zero-order valence-electron chi connectivity index (χ0n) is 32.6. The quantitative estimate of drug-likeness (QED) is 0.0973. The monoisotopic (exact) mass is 830 g/mol. The Kier molecular flexibility index (Phi) is 12.1. The van der Waals surface area contributed by atoms with E-state index >= 15 is 0 Å². The second-order valence-electron chi connectivity index (χ2n) is 15.5. The molecule has 52 heavy (non-hydrogen) atoms. The second kappa shape index (κ2) is 16.2. The molecular weight excluding hydrogens is 776 g/mol. The predicted molar refractivity (Wildman–Crippen MR) is 223 cm³/mol. The van der Waals surface area contributed by atoms with Gasteiger partial charge >= 0.3 is 0 Å². The summed E-state index contributed by atoms with van der Waals surface area (Å²) < 4.78 is 29.0. The van der Waals surface area contributed by atoms with Crippen molar-refractivity contribution in [3.05, 3.63) is 91.4 Å². The molecule has 0 fully saturated rings. The number of ether oxygens (including phenoxy) is 4. The molecule has 6 heteroatoms. The van der Waals surface area contributed by atoms with E-state index in [9.17, 15) is 0 Å². The Morgan fingerprint density at radius 2 is 0.885 bits per heavy atom. The van der Waals surface area contributed by atoms with Crippen LogP contribution in [0.1, 0.15) is 109 Å². The minimum absolute atomic E-state index is 0.416. The van der Waals surface area contributed by atoms with Crippen molar-refractivity contribution in [1.82, 2.24) is 0 Å². The molecule has 0 saturated heterocycles. The van der Waals surface area contributed by atoms with Crippen LogP contribution in [0, 0.1) is 30.6 Å². The van der Waals surface area contributed by atoms with Crippen molar-refractivity contribution in [3.63, 3.8) is 0 Å². The van der Waals surface area contributed by atoms with Crippen LogP contribution in [0.4, 0.5) is 0 Å². The maximum Gasteiger partial charge on any atom is 0.161 e. The molecule has 0 aromatic heterocycles. The molecule has 0 bridgehead atoms. The number of benzene rings is 4. The highest BCUT2D eigenvalue weighted by Gasteiger charge is 2.54. The van der Waals surface area contributed by atoms with E-state index in [1.807, 2.05) is 0 Å². The summed E-state index contributed by atoms with van der Waals surface area (Å²) in [7, 11) is 0. The molecule has 4 atom stereocenters. The molecule has 4 aromatic carbocycles. The average Bonchev–Trinajstić information content (AvgIpc) is 3.59. The van der Waals surface area contributed by atoms with Crippen LogP contribution in [-0.4, -0.2) is 26.4 Å². The summed E-state index contributed by atoms with van der Waals surface area (Å²) in [5, 5.41) is 0. The van der Waals surface area contributed by atoms with E-state index in [1.54, 1.807) is 0 Å². The summed E-state index contributed by atoms with van der Waals surface area (Å²) >= 11 is 7.84. The van der Waals surface area contributed by atoms with Crippen molar-refractivity contribution in [2.45, 2.75) is 93.4 Å². The Bertz CT molecular complexity index is 1830. The topological polar surface area (TPSA) is 36.9 Å². The molecule has 4 unspecified atom stereocenters. The average molecular weight is 833 g/mol. The van der Waals surface area contributed by atoms with Gasteiger partial charge in [0, 0.05) is 8.95 Å². The van der Waals surface area contributed by atoms with E-state index in [1.165, 1.54) is 38.9 Å². The van der Waals surface area contributed by atoms with Gasteiger partial charge in [-0.3, -0.25) is 0 Å². The van der Waals surface area contributed by atoms with Crippen LogP contribution < -0.4 is 18.9 Å². The highest BCUT2D eigenvalue weighted by atomic mass is 79.9. The molecule has 1 spiro atoms. The van der Waals surface area contributed by atoms with Crippen molar-refractivity contribution in [1.29, 1.82) is 0 Å².